The van der Waals surface area contributed by atoms with E-state index in [0.29, 0.717) is 18.4 Å². The second-order valence-corrected chi connectivity index (χ2v) is 9.15. The maximum absolute atomic E-state index is 12.5. The van der Waals surface area contributed by atoms with Gasteiger partial charge in [-0.3, -0.25) is 4.79 Å². The van der Waals surface area contributed by atoms with Crippen molar-refractivity contribution in [1.29, 1.82) is 0 Å². The molecule has 0 heterocycles. The number of hydrogen-bond acceptors (Lipinski definition) is 12. The van der Waals surface area contributed by atoms with E-state index in [1.807, 2.05) is 13.8 Å². The Kier molecular flexibility index (Phi) is 14.7. The molecule has 220 valence electrons. The first-order chi connectivity index (χ1) is 18.4. The molecule has 12 heteroatoms. The standard InChI is InChI=1S/C27H41NO11/c1-8-10-16(3)34-26(31)38-22-13-12-20(15-23(22)39-27(32)35-17(4)11-9-2)14-21(28)24(29)36-18(5)19(6)37-25(30)33-7/h12-13,15-19,21H,8-11,14,28H2,1-7H3/t16?,17?,18-,19-,21-/m0/s1. The zero-order valence-corrected chi connectivity index (χ0v) is 23.7. The van der Waals surface area contributed by atoms with Gasteiger partial charge in [0.15, 0.2) is 11.5 Å². The van der Waals surface area contributed by atoms with Crippen LogP contribution in [0.25, 0.3) is 0 Å². The van der Waals surface area contributed by atoms with Gasteiger partial charge in [-0.05, 0) is 64.7 Å². The quantitative estimate of drug-likeness (QED) is 0.185. The number of esters is 1. The van der Waals surface area contributed by atoms with Gasteiger partial charge >= 0.3 is 24.4 Å². The molecule has 5 atom stereocenters. The van der Waals surface area contributed by atoms with Crippen LogP contribution in [0.15, 0.2) is 18.2 Å². The van der Waals surface area contributed by atoms with Crippen LogP contribution in [0.4, 0.5) is 14.4 Å². The summed E-state index contributed by atoms with van der Waals surface area (Å²) in [6.45, 7) is 10.5. The number of carbonyl (C=O) groups is 4. The summed E-state index contributed by atoms with van der Waals surface area (Å²) in [5.74, 6) is -0.937. The monoisotopic (exact) mass is 555 g/mol. The summed E-state index contributed by atoms with van der Waals surface area (Å²) in [5, 5.41) is 0. The van der Waals surface area contributed by atoms with Gasteiger partial charge in [-0.1, -0.05) is 32.8 Å². The fourth-order valence-electron chi connectivity index (χ4n) is 3.33. The fourth-order valence-corrected chi connectivity index (χ4v) is 3.33. The molecule has 0 amide bonds. The molecule has 0 aliphatic carbocycles. The molecule has 0 aromatic heterocycles. The summed E-state index contributed by atoms with van der Waals surface area (Å²) < 4.78 is 35.7. The third kappa shape index (κ3) is 12.7. The summed E-state index contributed by atoms with van der Waals surface area (Å²) in [4.78, 5) is 48.4. The number of hydrogen-bond donors (Lipinski definition) is 1. The summed E-state index contributed by atoms with van der Waals surface area (Å²) >= 11 is 0. The van der Waals surface area contributed by atoms with Crippen LogP contribution in [0.1, 0.15) is 72.8 Å². The summed E-state index contributed by atoms with van der Waals surface area (Å²) in [6.07, 6.45) is -2.25. The van der Waals surface area contributed by atoms with Gasteiger partial charge in [-0.25, -0.2) is 14.4 Å². The zero-order valence-electron chi connectivity index (χ0n) is 23.7. The van der Waals surface area contributed by atoms with Gasteiger partial charge in [-0.15, -0.1) is 0 Å². The minimum atomic E-state index is -1.10. The lowest BCUT2D eigenvalue weighted by Gasteiger charge is -2.22. The van der Waals surface area contributed by atoms with Crippen molar-refractivity contribution in [3.05, 3.63) is 23.8 Å². The van der Waals surface area contributed by atoms with Crippen molar-refractivity contribution in [1.82, 2.24) is 0 Å². The molecule has 0 aliphatic heterocycles. The number of methoxy groups -OCH3 is 1. The van der Waals surface area contributed by atoms with E-state index < -0.39 is 42.7 Å². The molecule has 1 aromatic rings. The first kappa shape index (κ1) is 33.5. The predicted molar refractivity (Wildman–Crippen MR) is 140 cm³/mol. The first-order valence-corrected chi connectivity index (χ1v) is 13.0. The van der Waals surface area contributed by atoms with Gasteiger partial charge in [0.1, 0.15) is 30.5 Å². The van der Waals surface area contributed by atoms with Crippen molar-refractivity contribution in [2.45, 2.75) is 104 Å². The highest BCUT2D eigenvalue weighted by molar-refractivity contribution is 5.76. The highest BCUT2D eigenvalue weighted by Gasteiger charge is 2.25. The minimum Gasteiger partial charge on any atom is -0.458 e. The summed E-state index contributed by atoms with van der Waals surface area (Å²) in [6, 6.07) is 3.25. The molecule has 2 N–H and O–H groups in total. The molecule has 0 saturated carbocycles. The highest BCUT2D eigenvalue weighted by Crippen LogP contribution is 2.30. The van der Waals surface area contributed by atoms with Crippen molar-refractivity contribution in [2.24, 2.45) is 5.73 Å². The minimum absolute atomic E-state index is 0.00625. The van der Waals surface area contributed by atoms with Crippen LogP contribution in [-0.2, 0) is 34.9 Å². The van der Waals surface area contributed by atoms with Crippen LogP contribution in [0.5, 0.6) is 11.5 Å². The molecule has 0 spiro atoms. The number of carbonyl (C=O) groups excluding carboxylic acids is 4. The molecule has 0 aliphatic rings. The molecule has 0 fully saturated rings. The Balaban J connectivity index is 3.00. The van der Waals surface area contributed by atoms with Crippen molar-refractivity contribution < 1.29 is 52.3 Å². The average molecular weight is 556 g/mol. The molecule has 2 unspecified atom stereocenters. The smallest absolute Gasteiger partial charge is 0.458 e. The molecule has 39 heavy (non-hydrogen) atoms. The molecule has 1 aromatic carbocycles. The normalized spacial score (nSPS) is 14.6. The Labute approximate surface area is 229 Å². The summed E-state index contributed by atoms with van der Waals surface area (Å²) in [5.41, 5.74) is 6.51. The molecule has 12 nitrogen and oxygen atoms in total. The molecular weight excluding hydrogens is 514 g/mol. The third-order valence-corrected chi connectivity index (χ3v) is 5.55. The van der Waals surface area contributed by atoms with Gasteiger partial charge in [0.2, 0.25) is 0 Å². The Bertz CT molecular complexity index is 952. The third-order valence-electron chi connectivity index (χ3n) is 5.55. The maximum Gasteiger partial charge on any atom is 0.514 e. The van der Waals surface area contributed by atoms with Crippen molar-refractivity contribution >= 4 is 24.4 Å². The van der Waals surface area contributed by atoms with Gasteiger partial charge in [0.25, 0.3) is 0 Å². The summed E-state index contributed by atoms with van der Waals surface area (Å²) in [7, 11) is 1.16. The molecule has 0 saturated heterocycles. The van der Waals surface area contributed by atoms with Crippen LogP contribution in [0.2, 0.25) is 0 Å². The number of ether oxygens (including phenoxy) is 7. The fraction of sp³-hybridized carbons (Fsp3) is 0.630. The molecule has 1 rings (SSSR count). The van der Waals surface area contributed by atoms with Crippen LogP contribution in [0.3, 0.4) is 0 Å². The van der Waals surface area contributed by atoms with E-state index in [0.717, 1.165) is 20.0 Å². The maximum atomic E-state index is 12.5. The molecular formula is C27H41NO11. The van der Waals surface area contributed by atoms with Gasteiger partial charge in [0.05, 0.1) is 7.11 Å². The molecule has 0 bridgehead atoms. The van der Waals surface area contributed by atoms with E-state index >= 15 is 0 Å². The van der Waals surface area contributed by atoms with Crippen LogP contribution < -0.4 is 15.2 Å². The number of benzene rings is 1. The second kappa shape index (κ2) is 17.1. The van der Waals surface area contributed by atoms with E-state index in [1.165, 1.54) is 19.1 Å². The lowest BCUT2D eigenvalue weighted by atomic mass is 10.1. The Morgan fingerprint density at radius 3 is 1.77 bits per heavy atom. The average Bonchev–Trinajstić information content (AvgIpc) is 2.85. The van der Waals surface area contributed by atoms with Crippen LogP contribution in [-0.4, -0.2) is 62.0 Å². The first-order valence-electron chi connectivity index (χ1n) is 13.0. The number of nitrogens with two attached hydrogens (primary N) is 1. The van der Waals surface area contributed by atoms with Crippen molar-refractivity contribution in [2.75, 3.05) is 7.11 Å². The van der Waals surface area contributed by atoms with Gasteiger partial charge in [-0.2, -0.15) is 0 Å². The highest BCUT2D eigenvalue weighted by atomic mass is 16.8. The topological polar surface area (TPSA) is 159 Å². The Morgan fingerprint density at radius 1 is 0.744 bits per heavy atom. The van der Waals surface area contributed by atoms with E-state index in [-0.39, 0.29) is 30.1 Å². The Morgan fingerprint density at radius 2 is 1.26 bits per heavy atom. The van der Waals surface area contributed by atoms with Crippen LogP contribution in [0, 0.1) is 0 Å². The largest absolute Gasteiger partial charge is 0.514 e. The zero-order chi connectivity index (χ0) is 29.5. The van der Waals surface area contributed by atoms with E-state index in [1.54, 1.807) is 26.8 Å². The SMILES string of the molecule is CCCC(C)OC(=O)Oc1ccc(C[C@H](N)C(=O)O[C@@H](C)[C@H](C)OC(=O)OC)cc1OC(=O)OC(C)CCC. The lowest BCUT2D eigenvalue weighted by molar-refractivity contribution is -0.155. The molecule has 0 radical (unpaired) electrons. The van der Waals surface area contributed by atoms with E-state index in [2.05, 4.69) is 4.74 Å². The van der Waals surface area contributed by atoms with Crippen molar-refractivity contribution in [3.63, 3.8) is 0 Å². The number of rotatable bonds is 14. The lowest BCUT2D eigenvalue weighted by Crippen LogP contribution is -2.39. The van der Waals surface area contributed by atoms with Gasteiger partial charge < -0.3 is 38.9 Å². The predicted octanol–water partition coefficient (Wildman–Crippen LogP) is 5.07. The Hall–Kier alpha value is -3.54. The van der Waals surface area contributed by atoms with Gasteiger partial charge in [0, 0.05) is 0 Å². The van der Waals surface area contributed by atoms with Crippen LogP contribution >= 0.6 is 0 Å². The van der Waals surface area contributed by atoms with E-state index in [4.69, 9.17) is 34.2 Å². The second-order valence-electron chi connectivity index (χ2n) is 9.15. The van der Waals surface area contributed by atoms with Crippen molar-refractivity contribution in [3.8, 4) is 11.5 Å². The van der Waals surface area contributed by atoms with E-state index in [9.17, 15) is 19.2 Å².